The van der Waals surface area contributed by atoms with Gasteiger partial charge in [-0.2, -0.15) is 5.10 Å². The van der Waals surface area contributed by atoms with Gasteiger partial charge in [-0.15, -0.1) is 0 Å². The van der Waals surface area contributed by atoms with Gasteiger partial charge >= 0.3 is 0 Å². The summed E-state index contributed by atoms with van der Waals surface area (Å²) in [7, 11) is 0. The number of hydrogen-bond donors (Lipinski definition) is 2. The summed E-state index contributed by atoms with van der Waals surface area (Å²) in [5.74, 6) is -0.342. The molecule has 0 atom stereocenters. The highest BCUT2D eigenvalue weighted by atomic mass is 35.5. The van der Waals surface area contributed by atoms with Crippen molar-refractivity contribution >= 4 is 40.4 Å². The first-order chi connectivity index (χ1) is 18.5. The zero-order valence-electron chi connectivity index (χ0n) is 21.4. The standard InChI is InChI=1S/C30H33ClN4O3/c31-27-18-22(10-11-28(27)36)30(38)33-32-20-23-9-8-21(25-6-2-3-7-26(23)25)19-29(37)35-16-12-24(13-17-35)34-14-4-1-5-15-34/h2-3,6-11,18,20,24,36H,1,4-5,12-17,19H2,(H,33,38). The summed E-state index contributed by atoms with van der Waals surface area (Å²) in [5, 5.41) is 15.7. The molecule has 7 nitrogen and oxygen atoms in total. The monoisotopic (exact) mass is 532 g/mol. The number of likely N-dealkylation sites (tertiary alicyclic amines) is 2. The summed E-state index contributed by atoms with van der Waals surface area (Å²) in [5.41, 5.74) is 4.62. The number of nitrogens with one attached hydrogen (secondary N) is 1. The number of halogens is 1. The van der Waals surface area contributed by atoms with Crippen LogP contribution in [0.15, 0.2) is 59.7 Å². The molecule has 2 N–H and O–H groups in total. The number of nitrogens with zero attached hydrogens (tertiary/aromatic N) is 3. The second-order valence-electron chi connectivity index (χ2n) is 10.1. The van der Waals surface area contributed by atoms with Gasteiger partial charge in [0.1, 0.15) is 5.75 Å². The van der Waals surface area contributed by atoms with E-state index in [9.17, 15) is 14.7 Å². The van der Waals surface area contributed by atoms with Gasteiger partial charge in [0.2, 0.25) is 5.91 Å². The van der Waals surface area contributed by atoms with Crippen molar-refractivity contribution in [2.45, 2.75) is 44.6 Å². The van der Waals surface area contributed by atoms with Crippen molar-refractivity contribution in [3.05, 3.63) is 76.3 Å². The van der Waals surface area contributed by atoms with Gasteiger partial charge < -0.3 is 14.9 Å². The Bertz CT molecular complexity index is 1340. The molecule has 0 spiro atoms. The van der Waals surface area contributed by atoms with E-state index in [1.54, 1.807) is 6.21 Å². The molecule has 0 bridgehead atoms. The lowest BCUT2D eigenvalue weighted by Gasteiger charge is -2.40. The molecule has 198 valence electrons. The molecule has 2 saturated heterocycles. The van der Waals surface area contributed by atoms with E-state index in [-0.39, 0.29) is 16.7 Å². The second-order valence-corrected chi connectivity index (χ2v) is 10.5. The van der Waals surface area contributed by atoms with Crippen molar-refractivity contribution in [1.82, 2.24) is 15.2 Å². The van der Waals surface area contributed by atoms with Crippen LogP contribution in [-0.4, -0.2) is 65.2 Å². The van der Waals surface area contributed by atoms with Gasteiger partial charge in [0.25, 0.3) is 5.91 Å². The van der Waals surface area contributed by atoms with Gasteiger partial charge in [-0.3, -0.25) is 9.59 Å². The van der Waals surface area contributed by atoms with E-state index in [0.717, 1.165) is 47.8 Å². The quantitative estimate of drug-likeness (QED) is 0.346. The highest BCUT2D eigenvalue weighted by Gasteiger charge is 2.27. The van der Waals surface area contributed by atoms with Crippen molar-refractivity contribution in [3.63, 3.8) is 0 Å². The van der Waals surface area contributed by atoms with E-state index in [1.807, 2.05) is 41.3 Å². The van der Waals surface area contributed by atoms with Gasteiger partial charge in [0, 0.05) is 30.3 Å². The molecule has 2 heterocycles. The van der Waals surface area contributed by atoms with E-state index in [1.165, 1.54) is 50.6 Å². The Morgan fingerprint density at radius 2 is 1.71 bits per heavy atom. The number of piperidine rings is 2. The number of phenolic OH excluding ortho intramolecular Hbond substituents is 1. The third-order valence-corrected chi connectivity index (χ3v) is 8.00. The third kappa shape index (κ3) is 6.00. The molecule has 8 heteroatoms. The van der Waals surface area contributed by atoms with E-state index in [4.69, 9.17) is 11.6 Å². The SMILES string of the molecule is O=C(NN=Cc1ccc(CC(=O)N2CCC(N3CCCCC3)CC2)c2ccccc12)c1ccc(O)c(Cl)c1. The number of hydrogen-bond acceptors (Lipinski definition) is 5. The maximum Gasteiger partial charge on any atom is 0.271 e. The summed E-state index contributed by atoms with van der Waals surface area (Å²) in [6, 6.07) is 16.7. The van der Waals surface area contributed by atoms with E-state index in [2.05, 4.69) is 15.4 Å². The summed E-state index contributed by atoms with van der Waals surface area (Å²) in [6.45, 7) is 4.06. The average molecular weight is 533 g/mol. The van der Waals surface area contributed by atoms with Gasteiger partial charge in [-0.25, -0.2) is 5.43 Å². The summed E-state index contributed by atoms with van der Waals surface area (Å²) < 4.78 is 0. The molecule has 5 rings (SSSR count). The predicted molar refractivity (Wildman–Crippen MR) is 151 cm³/mol. The largest absolute Gasteiger partial charge is 0.506 e. The first kappa shape index (κ1) is 26.2. The van der Waals surface area contributed by atoms with Crippen LogP contribution in [0.1, 0.15) is 53.6 Å². The molecule has 3 aromatic rings. The van der Waals surface area contributed by atoms with Crippen LogP contribution in [0.25, 0.3) is 10.8 Å². The second kappa shape index (κ2) is 12.0. The van der Waals surface area contributed by atoms with Crippen LogP contribution < -0.4 is 5.43 Å². The smallest absolute Gasteiger partial charge is 0.271 e. The lowest BCUT2D eigenvalue weighted by Crippen LogP contribution is -2.48. The Morgan fingerprint density at radius 1 is 0.974 bits per heavy atom. The van der Waals surface area contributed by atoms with Crippen molar-refractivity contribution in [2.75, 3.05) is 26.2 Å². The number of fused-ring (bicyclic) bond motifs is 1. The maximum absolute atomic E-state index is 13.2. The van der Waals surface area contributed by atoms with Crippen molar-refractivity contribution in [2.24, 2.45) is 5.10 Å². The molecule has 0 aliphatic carbocycles. The zero-order chi connectivity index (χ0) is 26.5. The molecule has 2 amide bonds. The first-order valence-electron chi connectivity index (χ1n) is 13.3. The lowest BCUT2D eigenvalue weighted by molar-refractivity contribution is -0.132. The Hall–Kier alpha value is -3.42. The van der Waals surface area contributed by atoms with E-state index >= 15 is 0 Å². The van der Waals surface area contributed by atoms with Crippen LogP contribution in [0.3, 0.4) is 0 Å². The summed E-state index contributed by atoms with van der Waals surface area (Å²) in [6.07, 6.45) is 8.02. The molecule has 2 aliphatic rings. The van der Waals surface area contributed by atoms with Crippen LogP contribution in [-0.2, 0) is 11.2 Å². The Kier molecular flexibility index (Phi) is 8.25. The van der Waals surface area contributed by atoms with Gasteiger partial charge in [-0.05, 0) is 73.3 Å². The minimum atomic E-state index is -0.432. The highest BCUT2D eigenvalue weighted by molar-refractivity contribution is 6.32. The number of rotatable bonds is 6. The lowest BCUT2D eigenvalue weighted by atomic mass is 9.96. The molecule has 0 aromatic heterocycles. The van der Waals surface area contributed by atoms with Crippen molar-refractivity contribution in [3.8, 4) is 5.75 Å². The van der Waals surface area contributed by atoms with Crippen LogP contribution >= 0.6 is 11.6 Å². The average Bonchev–Trinajstić information content (AvgIpc) is 2.96. The molecule has 2 aliphatic heterocycles. The summed E-state index contributed by atoms with van der Waals surface area (Å²) in [4.78, 5) is 30.3. The normalized spacial score (nSPS) is 17.2. The Labute approximate surface area is 228 Å². The molecule has 3 aromatic carbocycles. The molecule has 0 saturated carbocycles. The Balaban J connectivity index is 1.23. The van der Waals surface area contributed by atoms with Crippen LogP contribution in [0, 0.1) is 0 Å². The van der Waals surface area contributed by atoms with Crippen LogP contribution in [0.2, 0.25) is 5.02 Å². The van der Waals surface area contributed by atoms with Gasteiger partial charge in [-0.1, -0.05) is 54.4 Å². The number of amides is 2. The van der Waals surface area contributed by atoms with E-state index in [0.29, 0.717) is 18.0 Å². The molecule has 2 fully saturated rings. The highest BCUT2D eigenvalue weighted by Crippen LogP contribution is 2.26. The Morgan fingerprint density at radius 3 is 2.45 bits per heavy atom. The fourth-order valence-electron chi connectivity index (χ4n) is 5.56. The molecule has 38 heavy (non-hydrogen) atoms. The molecule has 0 unspecified atom stereocenters. The minimum Gasteiger partial charge on any atom is -0.506 e. The minimum absolute atomic E-state index is 0.0845. The number of aromatic hydroxyl groups is 1. The number of carbonyl (C=O) groups excluding carboxylic acids is 2. The fraction of sp³-hybridized carbons (Fsp3) is 0.367. The van der Waals surface area contributed by atoms with Crippen molar-refractivity contribution < 1.29 is 14.7 Å². The van der Waals surface area contributed by atoms with Gasteiger partial charge in [0.05, 0.1) is 17.7 Å². The molecular weight excluding hydrogens is 500 g/mol. The maximum atomic E-state index is 13.2. The number of carbonyl (C=O) groups is 2. The number of hydrazone groups is 1. The zero-order valence-corrected chi connectivity index (χ0v) is 22.2. The molecule has 0 radical (unpaired) electrons. The van der Waals surface area contributed by atoms with Crippen molar-refractivity contribution in [1.29, 1.82) is 0 Å². The van der Waals surface area contributed by atoms with E-state index < -0.39 is 5.91 Å². The number of phenols is 1. The van der Waals surface area contributed by atoms with Crippen LogP contribution in [0.4, 0.5) is 0 Å². The van der Waals surface area contributed by atoms with Crippen LogP contribution in [0.5, 0.6) is 5.75 Å². The summed E-state index contributed by atoms with van der Waals surface area (Å²) >= 11 is 5.89. The first-order valence-corrected chi connectivity index (χ1v) is 13.7. The predicted octanol–water partition coefficient (Wildman–Crippen LogP) is 4.98. The topological polar surface area (TPSA) is 85.2 Å². The molecular formula is C30H33ClN4O3. The fourth-order valence-corrected chi connectivity index (χ4v) is 5.74. The third-order valence-electron chi connectivity index (χ3n) is 7.69. The van der Waals surface area contributed by atoms with Gasteiger partial charge in [0.15, 0.2) is 0 Å². The number of benzene rings is 3.